The van der Waals surface area contributed by atoms with Crippen molar-refractivity contribution in [2.45, 2.75) is 30.7 Å². The third-order valence-electron chi connectivity index (χ3n) is 2.12. The molecule has 0 unspecified atom stereocenters. The predicted octanol–water partition coefficient (Wildman–Crippen LogP) is 2.75. The van der Waals surface area contributed by atoms with Gasteiger partial charge >= 0.3 is 0 Å². The molecule has 2 N–H and O–H groups in total. The van der Waals surface area contributed by atoms with Gasteiger partial charge in [0.05, 0.1) is 0 Å². The fraction of sp³-hybridized carbons (Fsp3) is 0.545. The zero-order valence-corrected chi connectivity index (χ0v) is 13.0. The highest BCUT2D eigenvalue weighted by atomic mass is 35.6. The SMILES string of the molecule is CC(C)(C)C(=O)N[C@@H](Nc1ncccn1)C(Cl)(Cl)Cl. The van der Waals surface area contributed by atoms with E-state index < -0.39 is 15.4 Å². The largest absolute Gasteiger partial charge is 0.332 e. The Labute approximate surface area is 127 Å². The van der Waals surface area contributed by atoms with Crippen molar-refractivity contribution < 1.29 is 4.79 Å². The van der Waals surface area contributed by atoms with Crippen molar-refractivity contribution in [3.05, 3.63) is 18.5 Å². The minimum Gasteiger partial charge on any atom is -0.332 e. The summed E-state index contributed by atoms with van der Waals surface area (Å²) in [6.07, 6.45) is 2.14. The van der Waals surface area contributed by atoms with Crippen LogP contribution in [0.25, 0.3) is 0 Å². The number of anilines is 1. The molecular weight excluding hydrogens is 311 g/mol. The molecule has 0 saturated carbocycles. The summed E-state index contributed by atoms with van der Waals surface area (Å²) in [5, 5.41) is 5.39. The van der Waals surface area contributed by atoms with E-state index in [1.54, 1.807) is 26.8 Å². The van der Waals surface area contributed by atoms with E-state index in [9.17, 15) is 4.79 Å². The molecule has 0 radical (unpaired) electrons. The summed E-state index contributed by atoms with van der Waals surface area (Å²) in [5.41, 5.74) is -0.604. The molecule has 106 valence electrons. The standard InChI is InChI=1S/C11H15Cl3N4O/c1-10(2,3)8(19)17-7(11(12,13)14)18-9-15-5-4-6-16-9/h4-7H,1-3H3,(H,17,19)(H,15,16,18)/t7-/m0/s1. The van der Waals surface area contributed by atoms with Gasteiger partial charge in [0.15, 0.2) is 0 Å². The van der Waals surface area contributed by atoms with E-state index in [4.69, 9.17) is 34.8 Å². The van der Waals surface area contributed by atoms with Gasteiger partial charge in [0.2, 0.25) is 15.6 Å². The summed E-state index contributed by atoms with van der Waals surface area (Å²) >= 11 is 17.5. The maximum atomic E-state index is 11.9. The summed E-state index contributed by atoms with van der Waals surface area (Å²) in [6, 6.07) is 1.66. The maximum absolute atomic E-state index is 11.9. The molecule has 1 rings (SSSR count). The zero-order valence-electron chi connectivity index (χ0n) is 10.7. The molecule has 1 aromatic heterocycles. The molecule has 0 aliphatic heterocycles. The van der Waals surface area contributed by atoms with E-state index in [0.717, 1.165) is 0 Å². The zero-order chi connectivity index (χ0) is 14.7. The molecule has 1 heterocycles. The number of nitrogens with one attached hydrogen (secondary N) is 2. The van der Waals surface area contributed by atoms with Gasteiger partial charge in [0.1, 0.15) is 6.17 Å². The number of alkyl halides is 3. The number of rotatable bonds is 3. The van der Waals surface area contributed by atoms with Crippen LogP contribution in [0.15, 0.2) is 18.5 Å². The van der Waals surface area contributed by atoms with Gasteiger partial charge in [0.25, 0.3) is 0 Å². The van der Waals surface area contributed by atoms with Gasteiger partial charge in [-0.2, -0.15) is 0 Å². The molecule has 0 aliphatic carbocycles. The minimum absolute atomic E-state index is 0.257. The van der Waals surface area contributed by atoms with Crippen LogP contribution < -0.4 is 10.6 Å². The third-order valence-corrected chi connectivity index (χ3v) is 2.78. The van der Waals surface area contributed by atoms with Crippen LogP contribution in [0.5, 0.6) is 0 Å². The lowest BCUT2D eigenvalue weighted by molar-refractivity contribution is -0.129. The number of nitrogens with zero attached hydrogens (tertiary/aromatic N) is 2. The van der Waals surface area contributed by atoms with Crippen molar-refractivity contribution in [1.82, 2.24) is 15.3 Å². The lowest BCUT2D eigenvalue weighted by Crippen LogP contribution is -2.52. The average molecular weight is 326 g/mol. The van der Waals surface area contributed by atoms with Gasteiger partial charge in [-0.05, 0) is 6.07 Å². The van der Waals surface area contributed by atoms with Gasteiger partial charge in [-0.15, -0.1) is 0 Å². The number of hydrogen-bond donors (Lipinski definition) is 2. The smallest absolute Gasteiger partial charge is 0.228 e. The van der Waals surface area contributed by atoms with E-state index in [-0.39, 0.29) is 11.9 Å². The van der Waals surface area contributed by atoms with Crippen LogP contribution in [0.2, 0.25) is 0 Å². The van der Waals surface area contributed by atoms with E-state index in [2.05, 4.69) is 20.6 Å². The van der Waals surface area contributed by atoms with Crippen LogP contribution in [-0.2, 0) is 4.79 Å². The van der Waals surface area contributed by atoms with Gasteiger partial charge in [-0.25, -0.2) is 9.97 Å². The Bertz CT molecular complexity index is 428. The highest BCUT2D eigenvalue weighted by Crippen LogP contribution is 2.31. The first kappa shape index (κ1) is 16.3. The van der Waals surface area contributed by atoms with E-state index >= 15 is 0 Å². The lowest BCUT2D eigenvalue weighted by Gasteiger charge is -2.29. The Morgan fingerprint density at radius 2 is 1.74 bits per heavy atom. The molecule has 1 atom stereocenters. The monoisotopic (exact) mass is 324 g/mol. The second-order valence-electron chi connectivity index (χ2n) is 4.91. The fourth-order valence-electron chi connectivity index (χ4n) is 1.05. The number of aromatic nitrogens is 2. The molecule has 1 amide bonds. The molecule has 8 heteroatoms. The molecule has 0 bridgehead atoms. The van der Waals surface area contributed by atoms with Crippen LogP contribution in [-0.4, -0.2) is 25.8 Å². The second-order valence-corrected chi connectivity index (χ2v) is 7.28. The Morgan fingerprint density at radius 3 is 2.16 bits per heavy atom. The number of hydrogen-bond acceptors (Lipinski definition) is 4. The van der Waals surface area contributed by atoms with Gasteiger partial charge in [0, 0.05) is 17.8 Å². The van der Waals surface area contributed by atoms with E-state index in [0.29, 0.717) is 0 Å². The van der Waals surface area contributed by atoms with Crippen LogP contribution in [0, 0.1) is 5.41 Å². The molecule has 0 spiro atoms. The van der Waals surface area contributed by atoms with Crippen molar-refractivity contribution in [3.63, 3.8) is 0 Å². The maximum Gasteiger partial charge on any atom is 0.228 e. The molecule has 0 aliphatic rings. The van der Waals surface area contributed by atoms with Crippen molar-refractivity contribution in [2.75, 3.05) is 5.32 Å². The summed E-state index contributed by atoms with van der Waals surface area (Å²) in [7, 11) is 0. The van der Waals surface area contributed by atoms with Crippen molar-refractivity contribution in [3.8, 4) is 0 Å². The lowest BCUT2D eigenvalue weighted by atomic mass is 9.95. The first-order valence-electron chi connectivity index (χ1n) is 5.52. The van der Waals surface area contributed by atoms with Crippen LogP contribution in [0.3, 0.4) is 0 Å². The topological polar surface area (TPSA) is 66.9 Å². The molecule has 1 aromatic rings. The van der Waals surface area contributed by atoms with Crippen LogP contribution >= 0.6 is 34.8 Å². The molecule has 5 nitrogen and oxygen atoms in total. The van der Waals surface area contributed by atoms with E-state index in [1.165, 1.54) is 12.4 Å². The van der Waals surface area contributed by atoms with Gasteiger partial charge < -0.3 is 10.6 Å². The first-order chi connectivity index (χ1) is 8.60. The second kappa shape index (κ2) is 6.11. The van der Waals surface area contributed by atoms with E-state index in [1.807, 2.05) is 0 Å². The molecule has 0 fully saturated rings. The molecule has 0 aromatic carbocycles. The summed E-state index contributed by atoms with van der Waals surface area (Å²) < 4.78 is -1.74. The molecule has 19 heavy (non-hydrogen) atoms. The fourth-order valence-corrected chi connectivity index (χ4v) is 1.38. The van der Waals surface area contributed by atoms with Crippen LogP contribution in [0.4, 0.5) is 5.95 Å². The van der Waals surface area contributed by atoms with Crippen molar-refractivity contribution in [1.29, 1.82) is 0 Å². The average Bonchev–Trinajstić information content (AvgIpc) is 2.27. The number of carbonyl (C=O) groups excluding carboxylic acids is 1. The quantitative estimate of drug-likeness (QED) is 0.662. The summed E-state index contributed by atoms with van der Waals surface area (Å²) in [4.78, 5) is 19.8. The number of amides is 1. The highest BCUT2D eigenvalue weighted by Gasteiger charge is 2.36. The predicted molar refractivity (Wildman–Crippen MR) is 77.3 cm³/mol. The minimum atomic E-state index is -1.74. The Morgan fingerprint density at radius 1 is 1.21 bits per heavy atom. The van der Waals surface area contributed by atoms with Crippen LogP contribution in [0.1, 0.15) is 20.8 Å². The number of carbonyl (C=O) groups is 1. The Hall–Kier alpha value is -0.780. The number of halogens is 3. The molecule has 0 saturated heterocycles. The first-order valence-corrected chi connectivity index (χ1v) is 6.65. The summed E-state index contributed by atoms with van der Waals surface area (Å²) in [5.74, 6) is 0.000269. The summed E-state index contributed by atoms with van der Waals surface area (Å²) in [6.45, 7) is 5.28. The van der Waals surface area contributed by atoms with Crippen molar-refractivity contribution in [2.24, 2.45) is 5.41 Å². The molecular formula is C11H15Cl3N4O. The van der Waals surface area contributed by atoms with Crippen molar-refractivity contribution >= 4 is 46.7 Å². The Balaban J connectivity index is 2.83. The third kappa shape index (κ3) is 5.38. The normalized spacial score (nSPS) is 13.8. The van der Waals surface area contributed by atoms with Gasteiger partial charge in [-0.1, -0.05) is 55.6 Å². The van der Waals surface area contributed by atoms with Gasteiger partial charge in [-0.3, -0.25) is 4.79 Å². The Kier molecular flexibility index (Phi) is 5.24. The highest BCUT2D eigenvalue weighted by molar-refractivity contribution is 6.68.